The monoisotopic (exact) mass is 247 g/mol. The van der Waals surface area contributed by atoms with Crippen molar-refractivity contribution in [1.82, 2.24) is 9.55 Å². The molecule has 0 aliphatic heterocycles. The fraction of sp³-hybridized carbons (Fsp3) is 0.500. The van der Waals surface area contributed by atoms with E-state index in [9.17, 15) is 4.39 Å². The van der Waals surface area contributed by atoms with E-state index < -0.39 is 0 Å². The zero-order valence-electron chi connectivity index (χ0n) is 10.6. The molecule has 3 rings (SSSR count). The number of hydrogen-bond acceptors (Lipinski definition) is 2. The lowest BCUT2D eigenvalue weighted by Crippen LogP contribution is -2.32. The number of rotatable bonds is 1. The SMILES string of the molecule is Cn1c(C2CCCCC2N)nc2c(F)cccc21. The van der Waals surface area contributed by atoms with Gasteiger partial charge < -0.3 is 10.3 Å². The summed E-state index contributed by atoms with van der Waals surface area (Å²) in [6, 6.07) is 5.24. The van der Waals surface area contributed by atoms with Crippen LogP contribution in [0.25, 0.3) is 11.0 Å². The Labute approximate surface area is 106 Å². The summed E-state index contributed by atoms with van der Waals surface area (Å²) in [4.78, 5) is 4.49. The summed E-state index contributed by atoms with van der Waals surface area (Å²) in [5, 5.41) is 0. The number of halogens is 1. The highest BCUT2D eigenvalue weighted by atomic mass is 19.1. The van der Waals surface area contributed by atoms with Crippen LogP contribution in [0.3, 0.4) is 0 Å². The Hall–Kier alpha value is -1.42. The van der Waals surface area contributed by atoms with Gasteiger partial charge in [0.1, 0.15) is 11.3 Å². The van der Waals surface area contributed by atoms with Crippen molar-refractivity contribution >= 4 is 11.0 Å². The molecule has 0 spiro atoms. The summed E-state index contributed by atoms with van der Waals surface area (Å²) < 4.78 is 15.7. The van der Waals surface area contributed by atoms with Crippen LogP contribution in [0, 0.1) is 5.82 Å². The summed E-state index contributed by atoms with van der Waals surface area (Å²) in [6.45, 7) is 0. The van der Waals surface area contributed by atoms with Crippen LogP contribution in [-0.2, 0) is 7.05 Å². The topological polar surface area (TPSA) is 43.8 Å². The Bertz CT molecular complexity index is 576. The van der Waals surface area contributed by atoms with Crippen molar-refractivity contribution < 1.29 is 4.39 Å². The maximum absolute atomic E-state index is 13.7. The van der Waals surface area contributed by atoms with E-state index in [1.807, 2.05) is 17.7 Å². The lowest BCUT2D eigenvalue weighted by Gasteiger charge is -2.27. The Kier molecular flexibility index (Phi) is 2.82. The van der Waals surface area contributed by atoms with Crippen LogP contribution in [-0.4, -0.2) is 15.6 Å². The van der Waals surface area contributed by atoms with Crippen LogP contribution >= 0.6 is 0 Å². The first kappa shape index (κ1) is 11.7. The summed E-state index contributed by atoms with van der Waals surface area (Å²) in [5.74, 6) is 0.941. The second kappa shape index (κ2) is 4.35. The van der Waals surface area contributed by atoms with Gasteiger partial charge in [-0.25, -0.2) is 9.37 Å². The molecule has 1 saturated carbocycles. The number of aryl methyl sites for hydroxylation is 1. The minimum absolute atomic E-state index is 0.150. The highest BCUT2D eigenvalue weighted by Gasteiger charge is 2.27. The van der Waals surface area contributed by atoms with Crippen molar-refractivity contribution in [1.29, 1.82) is 0 Å². The number of hydrogen-bond donors (Lipinski definition) is 1. The number of nitrogens with zero attached hydrogens (tertiary/aromatic N) is 2. The van der Waals surface area contributed by atoms with Gasteiger partial charge in [0.2, 0.25) is 0 Å². The molecule has 1 aromatic carbocycles. The molecule has 3 nitrogen and oxygen atoms in total. The number of para-hydroxylation sites is 1. The van der Waals surface area contributed by atoms with E-state index in [0.717, 1.165) is 24.2 Å². The molecule has 0 bridgehead atoms. The number of aromatic nitrogens is 2. The highest BCUT2D eigenvalue weighted by Crippen LogP contribution is 2.33. The van der Waals surface area contributed by atoms with Crippen molar-refractivity contribution in [2.45, 2.75) is 37.6 Å². The van der Waals surface area contributed by atoms with E-state index in [1.54, 1.807) is 6.07 Å². The Morgan fingerprint density at radius 2 is 2.11 bits per heavy atom. The predicted octanol–water partition coefficient (Wildman–Crippen LogP) is 2.70. The Morgan fingerprint density at radius 1 is 1.33 bits per heavy atom. The number of benzene rings is 1. The average Bonchev–Trinajstić information content (AvgIpc) is 2.70. The molecule has 1 heterocycles. The second-order valence-corrected chi connectivity index (χ2v) is 5.19. The standard InChI is InChI=1S/C14H18FN3/c1-18-12-8-4-6-10(15)13(12)17-14(18)9-5-2-3-7-11(9)16/h4,6,8-9,11H,2-3,5,7,16H2,1H3. The van der Waals surface area contributed by atoms with E-state index in [0.29, 0.717) is 5.52 Å². The Balaban J connectivity index is 2.11. The van der Waals surface area contributed by atoms with E-state index in [4.69, 9.17) is 5.73 Å². The fourth-order valence-electron chi connectivity index (χ4n) is 3.01. The van der Waals surface area contributed by atoms with Crippen molar-refractivity contribution in [3.05, 3.63) is 29.8 Å². The van der Waals surface area contributed by atoms with Crippen LogP contribution in [0.1, 0.15) is 37.4 Å². The predicted molar refractivity (Wildman–Crippen MR) is 69.9 cm³/mol. The van der Waals surface area contributed by atoms with E-state index in [2.05, 4.69) is 4.98 Å². The average molecular weight is 247 g/mol. The molecule has 1 aliphatic rings. The largest absolute Gasteiger partial charge is 0.331 e. The molecular formula is C14H18FN3. The summed E-state index contributed by atoms with van der Waals surface area (Å²) in [6.07, 6.45) is 4.47. The van der Waals surface area contributed by atoms with Crippen LogP contribution in [0.5, 0.6) is 0 Å². The second-order valence-electron chi connectivity index (χ2n) is 5.19. The smallest absolute Gasteiger partial charge is 0.151 e. The lowest BCUT2D eigenvalue weighted by atomic mass is 9.84. The summed E-state index contributed by atoms with van der Waals surface area (Å²) >= 11 is 0. The molecule has 1 fully saturated rings. The molecule has 1 aliphatic carbocycles. The van der Waals surface area contributed by atoms with E-state index in [1.165, 1.54) is 18.9 Å². The van der Waals surface area contributed by atoms with Crippen LogP contribution in [0.4, 0.5) is 4.39 Å². The zero-order valence-corrected chi connectivity index (χ0v) is 10.6. The molecule has 2 aromatic rings. The third-order valence-corrected chi connectivity index (χ3v) is 4.05. The van der Waals surface area contributed by atoms with Gasteiger partial charge in [0.15, 0.2) is 5.82 Å². The van der Waals surface area contributed by atoms with Gasteiger partial charge in [-0.3, -0.25) is 0 Å². The Morgan fingerprint density at radius 3 is 2.83 bits per heavy atom. The molecule has 96 valence electrons. The van der Waals surface area contributed by atoms with Gasteiger partial charge in [-0.1, -0.05) is 18.9 Å². The third kappa shape index (κ3) is 1.72. The van der Waals surface area contributed by atoms with Gasteiger partial charge in [0.05, 0.1) is 5.52 Å². The van der Waals surface area contributed by atoms with Crippen LogP contribution in [0.15, 0.2) is 18.2 Å². The lowest BCUT2D eigenvalue weighted by molar-refractivity contribution is 0.368. The molecule has 2 atom stereocenters. The molecule has 18 heavy (non-hydrogen) atoms. The molecule has 0 amide bonds. The first-order valence-electron chi connectivity index (χ1n) is 6.55. The molecule has 4 heteroatoms. The van der Waals surface area contributed by atoms with Crippen molar-refractivity contribution in [3.63, 3.8) is 0 Å². The first-order chi connectivity index (χ1) is 8.68. The first-order valence-corrected chi connectivity index (χ1v) is 6.55. The van der Waals surface area contributed by atoms with Gasteiger partial charge in [-0.2, -0.15) is 0 Å². The van der Waals surface area contributed by atoms with Crippen LogP contribution in [0.2, 0.25) is 0 Å². The van der Waals surface area contributed by atoms with Crippen molar-refractivity contribution in [3.8, 4) is 0 Å². The van der Waals surface area contributed by atoms with Crippen molar-refractivity contribution in [2.24, 2.45) is 12.8 Å². The third-order valence-electron chi connectivity index (χ3n) is 4.05. The van der Waals surface area contributed by atoms with Crippen LogP contribution < -0.4 is 5.73 Å². The van der Waals surface area contributed by atoms with E-state index in [-0.39, 0.29) is 17.8 Å². The summed E-state index contributed by atoms with van der Waals surface area (Å²) in [7, 11) is 1.95. The van der Waals surface area contributed by atoms with Gasteiger partial charge in [0.25, 0.3) is 0 Å². The summed E-state index contributed by atoms with van der Waals surface area (Å²) in [5.41, 5.74) is 7.51. The van der Waals surface area contributed by atoms with Gasteiger partial charge in [0, 0.05) is 19.0 Å². The van der Waals surface area contributed by atoms with Gasteiger partial charge in [-0.15, -0.1) is 0 Å². The number of imidazole rings is 1. The van der Waals surface area contributed by atoms with Gasteiger partial charge in [-0.05, 0) is 25.0 Å². The maximum atomic E-state index is 13.7. The van der Waals surface area contributed by atoms with Gasteiger partial charge >= 0.3 is 0 Å². The molecule has 0 radical (unpaired) electrons. The minimum atomic E-state index is -0.251. The molecule has 0 saturated heterocycles. The molecule has 1 aromatic heterocycles. The number of fused-ring (bicyclic) bond motifs is 1. The van der Waals surface area contributed by atoms with Crippen molar-refractivity contribution in [2.75, 3.05) is 0 Å². The highest BCUT2D eigenvalue weighted by molar-refractivity contribution is 5.76. The molecular weight excluding hydrogens is 229 g/mol. The zero-order chi connectivity index (χ0) is 12.7. The normalized spacial score (nSPS) is 24.6. The van der Waals surface area contributed by atoms with E-state index >= 15 is 0 Å². The molecule has 2 unspecified atom stereocenters. The quantitative estimate of drug-likeness (QED) is 0.842. The fourth-order valence-corrected chi connectivity index (χ4v) is 3.01. The minimum Gasteiger partial charge on any atom is -0.331 e. The maximum Gasteiger partial charge on any atom is 0.151 e. The number of nitrogens with two attached hydrogens (primary N) is 1. The molecule has 2 N–H and O–H groups in total.